The van der Waals surface area contributed by atoms with Gasteiger partial charge in [-0.3, -0.25) is 4.79 Å². The van der Waals surface area contributed by atoms with Gasteiger partial charge in [-0.2, -0.15) is 0 Å². The van der Waals surface area contributed by atoms with Crippen LogP contribution < -0.4 is 5.73 Å². The molecule has 0 aromatic carbocycles. The number of hydrogen-bond acceptors (Lipinski definition) is 4. The summed E-state index contributed by atoms with van der Waals surface area (Å²) in [6, 6.07) is 0. The van der Waals surface area contributed by atoms with Crippen LogP contribution in [0.2, 0.25) is 0 Å². The van der Waals surface area contributed by atoms with Crippen LogP contribution in [0.1, 0.15) is 59.3 Å². The van der Waals surface area contributed by atoms with Crippen LogP contribution >= 0.6 is 0 Å². The second-order valence-electron chi connectivity index (χ2n) is 5.48. The Kier molecular flexibility index (Phi) is 9.27. The molecular formula is C14H29NO3S. The summed E-state index contributed by atoms with van der Waals surface area (Å²) >= 11 is 0. The van der Waals surface area contributed by atoms with E-state index in [0.717, 1.165) is 25.7 Å². The van der Waals surface area contributed by atoms with E-state index in [9.17, 15) is 13.2 Å². The van der Waals surface area contributed by atoms with Gasteiger partial charge in [0.05, 0.1) is 11.0 Å². The first-order chi connectivity index (χ1) is 8.83. The number of carbonyl (C=O) groups is 1. The zero-order valence-corrected chi connectivity index (χ0v) is 13.3. The average Bonchev–Trinajstić information content (AvgIpc) is 2.34. The summed E-state index contributed by atoms with van der Waals surface area (Å²) < 4.78 is 23.2. The Labute approximate surface area is 118 Å². The maximum atomic E-state index is 11.7. The highest BCUT2D eigenvalue weighted by molar-refractivity contribution is 7.91. The van der Waals surface area contributed by atoms with Crippen molar-refractivity contribution in [3.8, 4) is 0 Å². The SMILES string of the molecule is CCCC(CCN)CCC(=O)CCS(=O)(=O)C(C)C. The van der Waals surface area contributed by atoms with Crippen LogP contribution in [0.25, 0.3) is 0 Å². The molecule has 0 aliphatic carbocycles. The molecule has 114 valence electrons. The highest BCUT2D eigenvalue weighted by atomic mass is 32.2. The first-order valence-electron chi connectivity index (χ1n) is 7.26. The maximum Gasteiger partial charge on any atom is 0.153 e. The van der Waals surface area contributed by atoms with Gasteiger partial charge in [-0.1, -0.05) is 19.8 Å². The van der Waals surface area contributed by atoms with Crippen molar-refractivity contribution in [1.29, 1.82) is 0 Å². The predicted octanol–water partition coefficient (Wildman–Crippen LogP) is 2.31. The van der Waals surface area contributed by atoms with Gasteiger partial charge in [0.2, 0.25) is 0 Å². The van der Waals surface area contributed by atoms with E-state index in [-0.39, 0.29) is 18.0 Å². The first-order valence-corrected chi connectivity index (χ1v) is 8.98. The lowest BCUT2D eigenvalue weighted by atomic mass is 9.93. The molecule has 0 fully saturated rings. The highest BCUT2D eigenvalue weighted by Crippen LogP contribution is 2.17. The molecule has 0 spiro atoms. The Morgan fingerprint density at radius 3 is 2.21 bits per heavy atom. The topological polar surface area (TPSA) is 77.2 Å². The Bertz CT molecular complexity index is 344. The summed E-state index contributed by atoms with van der Waals surface area (Å²) in [6.45, 7) is 6.08. The summed E-state index contributed by atoms with van der Waals surface area (Å²) in [5.74, 6) is 0.543. The second kappa shape index (κ2) is 9.48. The van der Waals surface area contributed by atoms with Crippen LogP contribution in [0.15, 0.2) is 0 Å². The van der Waals surface area contributed by atoms with Crippen molar-refractivity contribution in [2.45, 2.75) is 64.5 Å². The number of hydrogen-bond donors (Lipinski definition) is 1. The quantitative estimate of drug-likeness (QED) is 0.633. The molecule has 0 heterocycles. The molecule has 0 amide bonds. The number of Topliss-reactive ketones (excluding diaryl/α,β-unsaturated/α-hetero) is 1. The van der Waals surface area contributed by atoms with Crippen molar-refractivity contribution < 1.29 is 13.2 Å². The number of rotatable bonds is 11. The normalized spacial score (nSPS) is 13.7. The van der Waals surface area contributed by atoms with Gasteiger partial charge in [0, 0.05) is 12.8 Å². The van der Waals surface area contributed by atoms with Gasteiger partial charge in [0.15, 0.2) is 9.84 Å². The molecular weight excluding hydrogens is 262 g/mol. The van der Waals surface area contributed by atoms with E-state index in [1.54, 1.807) is 13.8 Å². The Morgan fingerprint density at radius 2 is 1.74 bits per heavy atom. The van der Waals surface area contributed by atoms with Crippen LogP contribution in [0.4, 0.5) is 0 Å². The lowest BCUT2D eigenvalue weighted by Gasteiger charge is -2.14. The first kappa shape index (κ1) is 18.6. The molecule has 5 heteroatoms. The van der Waals surface area contributed by atoms with Crippen LogP contribution in [0.3, 0.4) is 0 Å². The zero-order chi connectivity index (χ0) is 14.9. The third-order valence-corrected chi connectivity index (χ3v) is 5.70. The van der Waals surface area contributed by atoms with E-state index in [4.69, 9.17) is 5.73 Å². The largest absolute Gasteiger partial charge is 0.330 e. The van der Waals surface area contributed by atoms with E-state index >= 15 is 0 Å². The lowest BCUT2D eigenvalue weighted by molar-refractivity contribution is -0.119. The average molecular weight is 291 g/mol. The van der Waals surface area contributed by atoms with Crippen molar-refractivity contribution in [3.63, 3.8) is 0 Å². The number of sulfone groups is 1. The van der Waals surface area contributed by atoms with E-state index < -0.39 is 15.1 Å². The van der Waals surface area contributed by atoms with Gasteiger partial charge in [0.1, 0.15) is 5.78 Å². The molecule has 0 saturated heterocycles. The number of ketones is 1. The molecule has 0 aromatic heterocycles. The fraction of sp³-hybridized carbons (Fsp3) is 0.929. The molecule has 0 aliphatic heterocycles. The molecule has 0 radical (unpaired) electrons. The molecule has 19 heavy (non-hydrogen) atoms. The summed E-state index contributed by atoms with van der Waals surface area (Å²) in [7, 11) is -3.09. The van der Waals surface area contributed by atoms with E-state index in [1.807, 2.05) is 0 Å². The van der Waals surface area contributed by atoms with E-state index in [1.165, 1.54) is 0 Å². The minimum absolute atomic E-state index is 0.0150. The molecule has 0 rings (SSSR count). The monoisotopic (exact) mass is 291 g/mol. The summed E-state index contributed by atoms with van der Waals surface area (Å²) in [4.78, 5) is 11.7. The Morgan fingerprint density at radius 1 is 1.11 bits per heavy atom. The van der Waals surface area contributed by atoms with Gasteiger partial charge < -0.3 is 5.73 Å². The van der Waals surface area contributed by atoms with Gasteiger partial charge in [-0.25, -0.2) is 8.42 Å². The third kappa shape index (κ3) is 8.37. The van der Waals surface area contributed by atoms with Gasteiger partial charge >= 0.3 is 0 Å². The van der Waals surface area contributed by atoms with Crippen molar-refractivity contribution in [2.75, 3.05) is 12.3 Å². The molecule has 2 N–H and O–H groups in total. The van der Waals surface area contributed by atoms with Crippen molar-refractivity contribution in [3.05, 3.63) is 0 Å². The standard InChI is InChI=1S/C14H29NO3S/c1-4-5-13(8-10-15)6-7-14(16)9-11-19(17,18)12(2)3/h12-13H,4-11,15H2,1-3H3. The molecule has 0 aromatic rings. The Hall–Kier alpha value is -0.420. The second-order valence-corrected chi connectivity index (χ2v) is 8.15. The summed E-state index contributed by atoms with van der Waals surface area (Å²) in [5.41, 5.74) is 5.55. The maximum absolute atomic E-state index is 11.7. The molecule has 0 aliphatic rings. The predicted molar refractivity (Wildman–Crippen MR) is 79.9 cm³/mol. The van der Waals surface area contributed by atoms with Crippen LogP contribution in [0.5, 0.6) is 0 Å². The van der Waals surface area contributed by atoms with Crippen LogP contribution in [-0.4, -0.2) is 31.7 Å². The van der Waals surface area contributed by atoms with E-state index in [0.29, 0.717) is 18.9 Å². The van der Waals surface area contributed by atoms with Crippen molar-refractivity contribution in [2.24, 2.45) is 11.7 Å². The molecule has 4 nitrogen and oxygen atoms in total. The minimum atomic E-state index is -3.09. The summed E-state index contributed by atoms with van der Waals surface area (Å²) in [6.07, 6.45) is 4.62. The van der Waals surface area contributed by atoms with Gasteiger partial charge in [0.25, 0.3) is 0 Å². The van der Waals surface area contributed by atoms with Gasteiger partial charge in [-0.05, 0) is 39.2 Å². The molecule has 0 bridgehead atoms. The lowest BCUT2D eigenvalue weighted by Crippen LogP contribution is -2.20. The summed E-state index contributed by atoms with van der Waals surface area (Å²) in [5, 5.41) is -0.398. The third-order valence-electron chi connectivity index (χ3n) is 3.49. The number of carbonyl (C=O) groups excluding carboxylic acids is 1. The zero-order valence-electron chi connectivity index (χ0n) is 12.5. The highest BCUT2D eigenvalue weighted by Gasteiger charge is 2.18. The molecule has 1 unspecified atom stereocenters. The fourth-order valence-corrected chi connectivity index (χ4v) is 3.04. The van der Waals surface area contributed by atoms with Crippen molar-refractivity contribution >= 4 is 15.6 Å². The van der Waals surface area contributed by atoms with Gasteiger partial charge in [-0.15, -0.1) is 0 Å². The molecule has 0 saturated carbocycles. The molecule has 1 atom stereocenters. The Balaban J connectivity index is 4.04. The minimum Gasteiger partial charge on any atom is -0.330 e. The fourth-order valence-electron chi connectivity index (χ4n) is 2.06. The van der Waals surface area contributed by atoms with Crippen LogP contribution in [0, 0.1) is 5.92 Å². The smallest absolute Gasteiger partial charge is 0.153 e. The van der Waals surface area contributed by atoms with Crippen molar-refractivity contribution in [1.82, 2.24) is 0 Å². The van der Waals surface area contributed by atoms with E-state index in [2.05, 4.69) is 6.92 Å². The van der Waals surface area contributed by atoms with Crippen LogP contribution in [-0.2, 0) is 14.6 Å². The number of nitrogens with two attached hydrogens (primary N) is 1.